The van der Waals surface area contributed by atoms with E-state index in [4.69, 9.17) is 5.73 Å². The van der Waals surface area contributed by atoms with Crippen LogP contribution in [0.2, 0.25) is 0 Å². The first-order valence-electron chi connectivity index (χ1n) is 2.92. The quantitative estimate of drug-likeness (QED) is 0.564. The van der Waals surface area contributed by atoms with Crippen molar-refractivity contribution >= 4 is 11.5 Å². The minimum Gasteiger partial charge on any atom is -0.368 e. The molecule has 0 radical (unpaired) electrons. The molecule has 0 aliphatic rings. The van der Waals surface area contributed by atoms with Crippen molar-refractivity contribution in [2.45, 2.75) is 0 Å². The van der Waals surface area contributed by atoms with E-state index >= 15 is 0 Å². The van der Waals surface area contributed by atoms with Crippen molar-refractivity contribution in [2.75, 3.05) is 5.73 Å². The molecule has 50 valence electrons. The lowest BCUT2D eigenvalue weighted by atomic mass is 10.5. The predicted octanol–water partition coefficient (Wildman–Crippen LogP) is 0.311. The van der Waals surface area contributed by atoms with Crippen molar-refractivity contribution in [1.29, 1.82) is 0 Å². The number of nitrogens with zero attached hydrogens (tertiary/aromatic N) is 3. The van der Waals surface area contributed by atoms with E-state index in [1.807, 2.05) is 18.3 Å². The number of nitrogens with two attached hydrogens (primary N) is 1. The average Bonchev–Trinajstić information content (AvgIpc) is 2.36. The van der Waals surface area contributed by atoms with Gasteiger partial charge in [0.25, 0.3) is 0 Å². The van der Waals surface area contributed by atoms with Crippen molar-refractivity contribution < 1.29 is 0 Å². The van der Waals surface area contributed by atoms with Crippen molar-refractivity contribution in [3.63, 3.8) is 0 Å². The van der Waals surface area contributed by atoms with Crippen LogP contribution in [0.1, 0.15) is 0 Å². The van der Waals surface area contributed by atoms with Gasteiger partial charge in [0.15, 0.2) is 0 Å². The Bertz CT molecular complexity index is 351. The fraction of sp³-hybridized carbons (Fsp3) is 0. The van der Waals surface area contributed by atoms with Crippen LogP contribution in [-0.4, -0.2) is 14.6 Å². The number of rotatable bonds is 0. The number of fused-ring (bicyclic) bond motifs is 1. The van der Waals surface area contributed by atoms with E-state index in [1.54, 1.807) is 10.6 Å². The zero-order valence-electron chi connectivity index (χ0n) is 5.23. The lowest BCUT2D eigenvalue weighted by Gasteiger charge is -1.94. The van der Waals surface area contributed by atoms with E-state index in [2.05, 4.69) is 10.2 Å². The summed E-state index contributed by atoms with van der Waals surface area (Å²) in [5.74, 6) is 0.419. The molecule has 2 heterocycles. The van der Waals surface area contributed by atoms with Gasteiger partial charge in [-0.15, -0.1) is 5.10 Å². The highest BCUT2D eigenvalue weighted by Gasteiger charge is 1.94. The average molecular weight is 134 g/mol. The summed E-state index contributed by atoms with van der Waals surface area (Å²) in [6.45, 7) is 0. The Kier molecular flexibility index (Phi) is 0.887. The Balaban J connectivity index is 2.95. The first-order valence-corrected chi connectivity index (χ1v) is 2.92. The van der Waals surface area contributed by atoms with Crippen LogP contribution in [0.15, 0.2) is 24.5 Å². The highest BCUT2D eigenvalue weighted by molar-refractivity contribution is 5.48. The number of anilines is 1. The highest BCUT2D eigenvalue weighted by Crippen LogP contribution is 2.03. The van der Waals surface area contributed by atoms with E-state index < -0.39 is 0 Å². The number of nitrogen functional groups attached to an aromatic ring is 1. The van der Waals surface area contributed by atoms with Gasteiger partial charge >= 0.3 is 0 Å². The van der Waals surface area contributed by atoms with Gasteiger partial charge in [-0.1, -0.05) is 0 Å². The Morgan fingerprint density at radius 2 is 2.40 bits per heavy atom. The van der Waals surface area contributed by atoms with Gasteiger partial charge in [0.1, 0.15) is 0 Å². The van der Waals surface area contributed by atoms with Crippen LogP contribution in [-0.2, 0) is 0 Å². The van der Waals surface area contributed by atoms with Crippen molar-refractivity contribution in [1.82, 2.24) is 14.6 Å². The standard InChI is InChI=1S/C6H6N4/c7-6-9-8-4-5-2-1-3-10(5)6/h1-4H,(H2,7,9). The molecule has 0 aliphatic heterocycles. The molecule has 10 heavy (non-hydrogen) atoms. The summed E-state index contributed by atoms with van der Waals surface area (Å²) in [6.07, 6.45) is 3.51. The molecule has 0 saturated heterocycles. The van der Waals surface area contributed by atoms with Gasteiger partial charge in [-0.2, -0.15) is 5.10 Å². The van der Waals surface area contributed by atoms with Gasteiger partial charge in [0.05, 0.1) is 11.7 Å². The summed E-state index contributed by atoms with van der Waals surface area (Å²) in [4.78, 5) is 0. The summed E-state index contributed by atoms with van der Waals surface area (Å²) in [6, 6.07) is 3.82. The molecule has 0 aliphatic carbocycles. The van der Waals surface area contributed by atoms with Crippen LogP contribution in [0.3, 0.4) is 0 Å². The number of hydrogen-bond donors (Lipinski definition) is 1. The van der Waals surface area contributed by atoms with E-state index in [0.717, 1.165) is 5.52 Å². The molecule has 0 spiro atoms. The Hall–Kier alpha value is -1.58. The molecular formula is C6H6N4. The van der Waals surface area contributed by atoms with Gasteiger partial charge in [-0.05, 0) is 12.1 Å². The molecule has 0 unspecified atom stereocenters. The molecule has 4 heteroatoms. The van der Waals surface area contributed by atoms with E-state index in [9.17, 15) is 0 Å². The molecule has 0 saturated carbocycles. The lowest BCUT2D eigenvalue weighted by molar-refractivity contribution is 0.969. The van der Waals surface area contributed by atoms with E-state index in [1.165, 1.54) is 0 Å². The SMILES string of the molecule is Nc1nncc2cccn12. The maximum atomic E-state index is 5.49. The first kappa shape index (κ1) is 5.22. The molecule has 2 aromatic heterocycles. The van der Waals surface area contributed by atoms with Gasteiger partial charge in [-0.25, -0.2) is 0 Å². The van der Waals surface area contributed by atoms with Crippen LogP contribution in [0.25, 0.3) is 5.52 Å². The van der Waals surface area contributed by atoms with Crippen LogP contribution in [0.4, 0.5) is 5.95 Å². The van der Waals surface area contributed by atoms with Crippen molar-refractivity contribution in [3.8, 4) is 0 Å². The van der Waals surface area contributed by atoms with E-state index in [-0.39, 0.29) is 0 Å². The maximum absolute atomic E-state index is 5.49. The summed E-state index contributed by atoms with van der Waals surface area (Å²) >= 11 is 0. The molecule has 0 aromatic carbocycles. The summed E-state index contributed by atoms with van der Waals surface area (Å²) in [5, 5.41) is 7.36. The zero-order chi connectivity index (χ0) is 6.97. The van der Waals surface area contributed by atoms with Gasteiger partial charge in [0.2, 0.25) is 5.95 Å². The maximum Gasteiger partial charge on any atom is 0.225 e. The number of aromatic nitrogens is 3. The van der Waals surface area contributed by atoms with Crippen LogP contribution in [0, 0.1) is 0 Å². The second-order valence-corrected chi connectivity index (χ2v) is 2.01. The Labute approximate surface area is 57.3 Å². The third-order valence-electron chi connectivity index (χ3n) is 1.38. The smallest absolute Gasteiger partial charge is 0.225 e. The molecule has 0 bridgehead atoms. The summed E-state index contributed by atoms with van der Waals surface area (Å²) < 4.78 is 1.77. The minimum atomic E-state index is 0.419. The van der Waals surface area contributed by atoms with Crippen molar-refractivity contribution in [3.05, 3.63) is 24.5 Å². The molecule has 0 atom stereocenters. The van der Waals surface area contributed by atoms with Gasteiger partial charge in [0, 0.05) is 6.20 Å². The highest BCUT2D eigenvalue weighted by atomic mass is 15.2. The largest absolute Gasteiger partial charge is 0.368 e. The summed E-state index contributed by atoms with van der Waals surface area (Å²) in [5.41, 5.74) is 6.46. The second-order valence-electron chi connectivity index (χ2n) is 2.01. The molecule has 2 aromatic rings. The van der Waals surface area contributed by atoms with Crippen LogP contribution in [0.5, 0.6) is 0 Å². The zero-order valence-corrected chi connectivity index (χ0v) is 5.23. The Morgan fingerprint density at radius 1 is 1.50 bits per heavy atom. The third kappa shape index (κ3) is 0.556. The number of hydrogen-bond acceptors (Lipinski definition) is 3. The predicted molar refractivity (Wildman–Crippen MR) is 37.4 cm³/mol. The summed E-state index contributed by atoms with van der Waals surface area (Å²) in [7, 11) is 0. The molecule has 0 amide bonds. The fourth-order valence-electron chi connectivity index (χ4n) is 0.903. The van der Waals surface area contributed by atoms with E-state index in [0.29, 0.717) is 5.95 Å². The minimum absolute atomic E-state index is 0.419. The lowest BCUT2D eigenvalue weighted by Crippen LogP contribution is -1.99. The molecule has 2 N–H and O–H groups in total. The molecular weight excluding hydrogens is 128 g/mol. The molecule has 0 fully saturated rings. The van der Waals surface area contributed by atoms with Gasteiger partial charge in [-0.3, -0.25) is 4.40 Å². The third-order valence-corrected chi connectivity index (χ3v) is 1.38. The van der Waals surface area contributed by atoms with Gasteiger partial charge < -0.3 is 5.73 Å². The molecule has 2 rings (SSSR count). The van der Waals surface area contributed by atoms with Crippen LogP contribution >= 0.6 is 0 Å². The van der Waals surface area contributed by atoms with Crippen molar-refractivity contribution in [2.24, 2.45) is 0 Å². The Morgan fingerprint density at radius 3 is 3.20 bits per heavy atom. The normalized spacial score (nSPS) is 10.4. The van der Waals surface area contributed by atoms with Crippen LogP contribution < -0.4 is 5.73 Å². The fourth-order valence-corrected chi connectivity index (χ4v) is 0.903. The first-order chi connectivity index (χ1) is 4.88. The monoisotopic (exact) mass is 134 g/mol. The molecule has 4 nitrogen and oxygen atoms in total. The second kappa shape index (κ2) is 1.70. The topological polar surface area (TPSA) is 56.2 Å².